The van der Waals surface area contributed by atoms with Gasteiger partial charge in [-0.15, -0.1) is 0 Å². The third-order valence-electron chi connectivity index (χ3n) is 2.62. The summed E-state index contributed by atoms with van der Waals surface area (Å²) in [6.07, 6.45) is 6.50. The summed E-state index contributed by atoms with van der Waals surface area (Å²) >= 11 is 1.71. The molecule has 0 unspecified atom stereocenters. The number of nitrogens with one attached hydrogen (secondary N) is 1. The van der Waals surface area contributed by atoms with Crippen LogP contribution in [0.1, 0.15) is 18.4 Å². The van der Waals surface area contributed by atoms with Crippen molar-refractivity contribution in [1.82, 2.24) is 20.2 Å². The molecule has 1 aliphatic carbocycles. The fourth-order valence-electron chi connectivity index (χ4n) is 1.38. The molecule has 5 heteroatoms. The summed E-state index contributed by atoms with van der Waals surface area (Å²) in [5.74, 6) is 1.03. The van der Waals surface area contributed by atoms with Crippen LogP contribution in [-0.4, -0.2) is 47.3 Å². The van der Waals surface area contributed by atoms with Crippen molar-refractivity contribution in [1.29, 1.82) is 0 Å². The number of hydrogen-bond acceptors (Lipinski definition) is 5. The Bertz CT molecular complexity index is 335. The number of aromatic nitrogens is 2. The van der Waals surface area contributed by atoms with Crippen LogP contribution >= 0.6 is 11.8 Å². The van der Waals surface area contributed by atoms with E-state index >= 15 is 0 Å². The Morgan fingerprint density at radius 1 is 1.35 bits per heavy atom. The summed E-state index contributed by atoms with van der Waals surface area (Å²) in [5.41, 5.74) is 1.17. The zero-order valence-corrected chi connectivity index (χ0v) is 11.3. The molecule has 0 atom stereocenters. The Labute approximate surface area is 107 Å². The first-order valence-electron chi connectivity index (χ1n) is 6.06. The van der Waals surface area contributed by atoms with Gasteiger partial charge < -0.3 is 10.2 Å². The van der Waals surface area contributed by atoms with E-state index in [0.29, 0.717) is 0 Å². The van der Waals surface area contributed by atoms with E-state index < -0.39 is 0 Å². The molecule has 1 aliphatic rings. The smallest absolute Gasteiger partial charge is 0.187 e. The summed E-state index contributed by atoms with van der Waals surface area (Å²) in [6, 6.07) is 0.740. The van der Waals surface area contributed by atoms with Gasteiger partial charge in [0.1, 0.15) is 0 Å². The molecule has 0 spiro atoms. The van der Waals surface area contributed by atoms with Crippen LogP contribution in [0.4, 0.5) is 0 Å². The highest BCUT2D eigenvalue weighted by atomic mass is 32.2. The first kappa shape index (κ1) is 12.8. The standard InChI is InChI=1S/C12H20N4S/c1-16(2)5-6-17-12-14-8-10(9-15-12)7-13-11-3-4-11/h8-9,11,13H,3-7H2,1-2H3. The second-order valence-corrected chi connectivity index (χ2v) is 5.74. The minimum Gasteiger partial charge on any atom is -0.310 e. The molecule has 94 valence electrons. The lowest BCUT2D eigenvalue weighted by Crippen LogP contribution is -2.16. The molecule has 0 saturated heterocycles. The summed E-state index contributed by atoms with van der Waals surface area (Å²) in [5, 5.41) is 4.33. The van der Waals surface area contributed by atoms with E-state index in [0.717, 1.165) is 30.0 Å². The molecule has 2 rings (SSSR count). The molecule has 1 aromatic heterocycles. The van der Waals surface area contributed by atoms with Crippen LogP contribution in [0.5, 0.6) is 0 Å². The fraction of sp³-hybridized carbons (Fsp3) is 0.667. The van der Waals surface area contributed by atoms with Gasteiger partial charge in [-0.3, -0.25) is 0 Å². The van der Waals surface area contributed by atoms with E-state index in [1.807, 2.05) is 12.4 Å². The van der Waals surface area contributed by atoms with E-state index in [2.05, 4.69) is 34.3 Å². The van der Waals surface area contributed by atoms with Crippen LogP contribution < -0.4 is 5.32 Å². The van der Waals surface area contributed by atoms with Crippen molar-refractivity contribution in [2.45, 2.75) is 30.6 Å². The topological polar surface area (TPSA) is 41.1 Å². The van der Waals surface area contributed by atoms with Crippen molar-refractivity contribution in [2.24, 2.45) is 0 Å². The zero-order chi connectivity index (χ0) is 12.1. The first-order valence-corrected chi connectivity index (χ1v) is 7.04. The first-order chi connectivity index (χ1) is 8.24. The largest absolute Gasteiger partial charge is 0.310 e. The zero-order valence-electron chi connectivity index (χ0n) is 10.5. The minimum absolute atomic E-state index is 0.740. The van der Waals surface area contributed by atoms with Gasteiger partial charge in [-0.2, -0.15) is 0 Å². The highest BCUT2D eigenvalue weighted by Gasteiger charge is 2.19. The molecule has 0 aromatic carbocycles. The van der Waals surface area contributed by atoms with Gasteiger partial charge >= 0.3 is 0 Å². The molecule has 1 N–H and O–H groups in total. The monoisotopic (exact) mass is 252 g/mol. The maximum absolute atomic E-state index is 4.37. The van der Waals surface area contributed by atoms with Gasteiger partial charge in [0.25, 0.3) is 0 Å². The van der Waals surface area contributed by atoms with Crippen LogP contribution in [0.15, 0.2) is 17.6 Å². The number of thioether (sulfide) groups is 1. The summed E-state index contributed by atoms with van der Waals surface area (Å²) in [7, 11) is 4.15. The Balaban J connectivity index is 1.72. The Morgan fingerprint density at radius 3 is 2.65 bits per heavy atom. The van der Waals surface area contributed by atoms with E-state index in [9.17, 15) is 0 Å². The third-order valence-corrected chi connectivity index (χ3v) is 3.48. The second kappa shape index (κ2) is 6.33. The van der Waals surface area contributed by atoms with Crippen molar-refractivity contribution in [3.8, 4) is 0 Å². The fourth-order valence-corrected chi connectivity index (χ4v) is 2.27. The minimum atomic E-state index is 0.740. The normalized spacial score (nSPS) is 15.5. The molecule has 1 heterocycles. The maximum Gasteiger partial charge on any atom is 0.187 e. The molecule has 0 bridgehead atoms. The van der Waals surface area contributed by atoms with Gasteiger partial charge in [0.2, 0.25) is 0 Å². The Hall–Kier alpha value is -0.650. The highest BCUT2D eigenvalue weighted by molar-refractivity contribution is 7.99. The van der Waals surface area contributed by atoms with E-state index in [4.69, 9.17) is 0 Å². The third kappa shape index (κ3) is 5.02. The van der Waals surface area contributed by atoms with Gasteiger partial charge in [-0.05, 0) is 26.9 Å². The van der Waals surface area contributed by atoms with Gasteiger partial charge in [-0.25, -0.2) is 9.97 Å². The van der Waals surface area contributed by atoms with Gasteiger partial charge in [0.15, 0.2) is 5.16 Å². The highest BCUT2D eigenvalue weighted by Crippen LogP contribution is 2.19. The van der Waals surface area contributed by atoms with Gasteiger partial charge in [0.05, 0.1) is 0 Å². The van der Waals surface area contributed by atoms with Gasteiger partial charge in [0, 0.05) is 42.8 Å². The van der Waals surface area contributed by atoms with Crippen molar-refractivity contribution in [3.05, 3.63) is 18.0 Å². The lowest BCUT2D eigenvalue weighted by molar-refractivity contribution is 0.437. The molecule has 0 amide bonds. The van der Waals surface area contributed by atoms with E-state index in [1.165, 1.54) is 18.4 Å². The molecular weight excluding hydrogens is 232 g/mol. The van der Waals surface area contributed by atoms with E-state index in [-0.39, 0.29) is 0 Å². The van der Waals surface area contributed by atoms with Crippen LogP contribution in [0.2, 0.25) is 0 Å². The average molecular weight is 252 g/mol. The summed E-state index contributed by atoms with van der Waals surface area (Å²) in [6.45, 7) is 1.95. The quantitative estimate of drug-likeness (QED) is 0.586. The second-order valence-electron chi connectivity index (χ2n) is 4.68. The molecule has 1 saturated carbocycles. The number of hydrogen-bond donors (Lipinski definition) is 1. The van der Waals surface area contributed by atoms with Crippen LogP contribution in [0, 0.1) is 0 Å². The maximum atomic E-state index is 4.37. The Morgan fingerprint density at radius 2 is 2.06 bits per heavy atom. The molecule has 1 aromatic rings. The molecular formula is C12H20N4S. The summed E-state index contributed by atoms with van der Waals surface area (Å²) < 4.78 is 0. The van der Waals surface area contributed by atoms with Crippen molar-refractivity contribution in [2.75, 3.05) is 26.4 Å². The van der Waals surface area contributed by atoms with Crippen molar-refractivity contribution < 1.29 is 0 Å². The van der Waals surface area contributed by atoms with Gasteiger partial charge in [-0.1, -0.05) is 11.8 Å². The number of rotatable bonds is 7. The van der Waals surface area contributed by atoms with Crippen LogP contribution in [0.3, 0.4) is 0 Å². The summed E-state index contributed by atoms with van der Waals surface area (Å²) in [4.78, 5) is 10.9. The van der Waals surface area contributed by atoms with Crippen LogP contribution in [0.25, 0.3) is 0 Å². The SMILES string of the molecule is CN(C)CCSc1ncc(CNC2CC2)cn1. The van der Waals surface area contributed by atoms with E-state index in [1.54, 1.807) is 11.8 Å². The predicted molar refractivity (Wildman–Crippen MR) is 71.2 cm³/mol. The number of nitrogens with zero attached hydrogens (tertiary/aromatic N) is 3. The molecule has 0 aliphatic heterocycles. The average Bonchev–Trinajstić information content (AvgIpc) is 3.11. The Kier molecular flexibility index (Phi) is 4.76. The lowest BCUT2D eigenvalue weighted by Gasteiger charge is -2.08. The predicted octanol–water partition coefficient (Wildman–Crippen LogP) is 1.38. The van der Waals surface area contributed by atoms with Crippen LogP contribution in [-0.2, 0) is 6.54 Å². The van der Waals surface area contributed by atoms with Crippen molar-refractivity contribution >= 4 is 11.8 Å². The molecule has 0 radical (unpaired) electrons. The lowest BCUT2D eigenvalue weighted by atomic mass is 10.3. The molecule has 1 fully saturated rings. The molecule has 4 nitrogen and oxygen atoms in total. The van der Waals surface area contributed by atoms with Crippen molar-refractivity contribution in [3.63, 3.8) is 0 Å². The molecule has 17 heavy (non-hydrogen) atoms.